The number of benzene rings is 1. The van der Waals surface area contributed by atoms with Crippen molar-refractivity contribution in [3.8, 4) is 0 Å². The Morgan fingerprint density at radius 1 is 1.04 bits per heavy atom. The van der Waals surface area contributed by atoms with Crippen LogP contribution in [0.15, 0.2) is 47.1 Å². The molecule has 1 aromatic carbocycles. The van der Waals surface area contributed by atoms with Crippen molar-refractivity contribution in [2.45, 2.75) is 45.4 Å². The second kappa shape index (κ2) is 6.57. The van der Waals surface area contributed by atoms with Gasteiger partial charge in [0, 0.05) is 5.69 Å². The molecule has 0 atom stereocenters. The quantitative estimate of drug-likeness (QED) is 0.838. The third-order valence-corrected chi connectivity index (χ3v) is 4.70. The molecule has 1 saturated heterocycles. The van der Waals surface area contributed by atoms with Gasteiger partial charge in [0.25, 0.3) is 0 Å². The number of hydrogen-bond acceptors (Lipinski definition) is 4. The summed E-state index contributed by atoms with van der Waals surface area (Å²) in [7, 11) is -0.410. The molecule has 1 aliphatic rings. The van der Waals surface area contributed by atoms with Crippen molar-refractivity contribution in [3.05, 3.63) is 48.4 Å². The topological polar surface area (TPSA) is 72.7 Å². The molecule has 25 heavy (non-hydrogen) atoms. The maximum Gasteiger partial charge on any atom is 0.494 e. The van der Waals surface area contributed by atoms with Gasteiger partial charge in [0.1, 0.15) is 5.76 Å². The van der Waals surface area contributed by atoms with Crippen LogP contribution in [0.2, 0.25) is 0 Å². The lowest BCUT2D eigenvalue weighted by atomic mass is 9.79. The van der Waals surface area contributed by atoms with Gasteiger partial charge in [0.15, 0.2) is 0 Å². The van der Waals surface area contributed by atoms with E-state index in [-0.39, 0.29) is 17.2 Å². The number of anilines is 1. The molecule has 0 spiro atoms. The van der Waals surface area contributed by atoms with Crippen molar-refractivity contribution in [2.75, 3.05) is 5.32 Å². The molecule has 0 bridgehead atoms. The number of amides is 2. The number of hydrogen-bond donors (Lipinski definition) is 2. The largest absolute Gasteiger partial charge is 0.494 e. The predicted molar refractivity (Wildman–Crippen MR) is 96.7 cm³/mol. The Morgan fingerprint density at radius 2 is 1.68 bits per heavy atom. The molecule has 3 rings (SSSR count). The summed E-state index contributed by atoms with van der Waals surface area (Å²) in [6.07, 6.45) is 1.57. The van der Waals surface area contributed by atoms with E-state index in [1.54, 1.807) is 18.4 Å². The van der Waals surface area contributed by atoms with E-state index in [1.165, 1.54) is 0 Å². The number of urea groups is 1. The van der Waals surface area contributed by atoms with Crippen LogP contribution in [0.3, 0.4) is 0 Å². The first-order chi connectivity index (χ1) is 11.8. The van der Waals surface area contributed by atoms with Gasteiger partial charge in [-0.1, -0.05) is 12.1 Å². The van der Waals surface area contributed by atoms with Gasteiger partial charge in [0.05, 0.1) is 24.0 Å². The smallest absolute Gasteiger partial charge is 0.467 e. The second-order valence-electron chi connectivity index (χ2n) is 7.10. The fourth-order valence-electron chi connectivity index (χ4n) is 2.46. The Kier molecular flexibility index (Phi) is 4.62. The molecular weight excluding hydrogens is 319 g/mol. The van der Waals surface area contributed by atoms with Gasteiger partial charge in [0.2, 0.25) is 0 Å². The summed E-state index contributed by atoms with van der Waals surface area (Å²) in [4.78, 5) is 11.9. The highest BCUT2D eigenvalue weighted by molar-refractivity contribution is 6.62. The molecule has 0 radical (unpaired) electrons. The van der Waals surface area contributed by atoms with Gasteiger partial charge < -0.3 is 24.4 Å². The van der Waals surface area contributed by atoms with E-state index in [9.17, 15) is 4.79 Å². The fraction of sp³-hybridized carbons (Fsp3) is 0.389. The number of furan rings is 1. The highest BCUT2D eigenvalue weighted by atomic mass is 16.7. The molecule has 0 saturated carbocycles. The van der Waals surface area contributed by atoms with Crippen molar-refractivity contribution >= 4 is 24.3 Å². The first-order valence-corrected chi connectivity index (χ1v) is 8.30. The highest BCUT2D eigenvalue weighted by Gasteiger charge is 2.51. The van der Waals surface area contributed by atoms with Crippen LogP contribution in [0.25, 0.3) is 0 Å². The van der Waals surface area contributed by atoms with E-state index in [0.29, 0.717) is 18.0 Å². The van der Waals surface area contributed by atoms with Crippen LogP contribution in [0.1, 0.15) is 33.5 Å². The SMILES string of the molecule is CC1(C)OB(c2ccc(NC(=O)NCc3ccco3)cc2)OC1(C)C. The molecule has 1 aliphatic heterocycles. The van der Waals surface area contributed by atoms with E-state index in [4.69, 9.17) is 13.7 Å². The predicted octanol–water partition coefficient (Wildman–Crippen LogP) is 2.90. The molecule has 132 valence electrons. The van der Waals surface area contributed by atoms with Crippen LogP contribution >= 0.6 is 0 Å². The normalized spacial score (nSPS) is 18.2. The molecule has 0 aliphatic carbocycles. The minimum absolute atomic E-state index is 0.292. The van der Waals surface area contributed by atoms with Gasteiger partial charge in [-0.25, -0.2) is 4.79 Å². The van der Waals surface area contributed by atoms with E-state index in [1.807, 2.05) is 52.0 Å². The summed E-state index contributed by atoms with van der Waals surface area (Å²) < 4.78 is 17.2. The van der Waals surface area contributed by atoms with Crippen LogP contribution in [0.4, 0.5) is 10.5 Å². The second-order valence-corrected chi connectivity index (χ2v) is 7.10. The first kappa shape index (κ1) is 17.6. The van der Waals surface area contributed by atoms with Gasteiger partial charge in [-0.15, -0.1) is 0 Å². The van der Waals surface area contributed by atoms with Crippen LogP contribution < -0.4 is 16.1 Å². The van der Waals surface area contributed by atoms with Crippen LogP contribution in [-0.2, 0) is 15.9 Å². The van der Waals surface area contributed by atoms with E-state index in [0.717, 1.165) is 5.46 Å². The van der Waals surface area contributed by atoms with Crippen LogP contribution in [0.5, 0.6) is 0 Å². The monoisotopic (exact) mass is 342 g/mol. The third kappa shape index (κ3) is 3.88. The lowest BCUT2D eigenvalue weighted by Gasteiger charge is -2.32. The number of nitrogens with one attached hydrogen (secondary N) is 2. The zero-order valence-corrected chi connectivity index (χ0v) is 15.0. The molecule has 2 amide bonds. The number of rotatable bonds is 4. The Labute approximate surface area is 148 Å². The molecule has 2 N–H and O–H groups in total. The van der Waals surface area contributed by atoms with Gasteiger partial charge in [-0.3, -0.25) is 0 Å². The summed E-state index contributed by atoms with van der Waals surface area (Å²) in [5.41, 5.74) is 0.859. The summed E-state index contributed by atoms with van der Waals surface area (Å²) in [5.74, 6) is 0.700. The summed E-state index contributed by atoms with van der Waals surface area (Å²) in [6.45, 7) is 8.42. The highest BCUT2D eigenvalue weighted by Crippen LogP contribution is 2.36. The van der Waals surface area contributed by atoms with E-state index < -0.39 is 7.12 Å². The summed E-state index contributed by atoms with van der Waals surface area (Å²) in [6, 6.07) is 10.7. The maximum absolute atomic E-state index is 11.9. The number of carbonyl (C=O) groups excluding carboxylic acids is 1. The lowest BCUT2D eigenvalue weighted by Crippen LogP contribution is -2.41. The van der Waals surface area contributed by atoms with Crippen molar-refractivity contribution < 1.29 is 18.5 Å². The molecule has 6 nitrogen and oxygen atoms in total. The first-order valence-electron chi connectivity index (χ1n) is 8.30. The number of carbonyl (C=O) groups is 1. The minimum Gasteiger partial charge on any atom is -0.467 e. The van der Waals surface area contributed by atoms with E-state index in [2.05, 4.69) is 10.6 Å². The van der Waals surface area contributed by atoms with Gasteiger partial charge in [-0.05, 0) is 57.4 Å². The van der Waals surface area contributed by atoms with E-state index >= 15 is 0 Å². The molecule has 1 fully saturated rings. The fourth-order valence-corrected chi connectivity index (χ4v) is 2.46. The maximum atomic E-state index is 11.9. The van der Waals surface area contributed by atoms with Gasteiger partial charge in [-0.2, -0.15) is 0 Å². The Morgan fingerprint density at radius 3 is 2.24 bits per heavy atom. The van der Waals surface area contributed by atoms with Crippen molar-refractivity contribution in [1.82, 2.24) is 5.32 Å². The average molecular weight is 342 g/mol. The molecular formula is C18H23BN2O4. The molecule has 0 unspecified atom stereocenters. The zero-order valence-electron chi connectivity index (χ0n) is 15.0. The standard InChI is InChI=1S/C18H23BN2O4/c1-17(2)18(3,4)25-19(24-17)13-7-9-14(10-8-13)21-16(22)20-12-15-6-5-11-23-15/h5-11H,12H2,1-4H3,(H2,20,21,22). The Hall–Kier alpha value is -2.25. The Balaban J connectivity index is 1.56. The molecule has 2 heterocycles. The lowest BCUT2D eigenvalue weighted by molar-refractivity contribution is 0.00578. The molecule has 2 aromatic rings. The zero-order chi connectivity index (χ0) is 18.1. The van der Waals surface area contributed by atoms with Crippen molar-refractivity contribution in [1.29, 1.82) is 0 Å². The summed E-state index contributed by atoms with van der Waals surface area (Å²) >= 11 is 0. The van der Waals surface area contributed by atoms with Crippen LogP contribution in [0, 0.1) is 0 Å². The molecule has 1 aromatic heterocycles. The summed E-state index contributed by atoms with van der Waals surface area (Å²) in [5, 5.41) is 5.51. The Bertz CT molecular complexity index is 710. The third-order valence-electron chi connectivity index (χ3n) is 4.70. The van der Waals surface area contributed by atoms with Gasteiger partial charge >= 0.3 is 13.1 Å². The minimum atomic E-state index is -0.410. The van der Waals surface area contributed by atoms with Crippen LogP contribution in [-0.4, -0.2) is 24.4 Å². The molecule has 7 heteroatoms. The van der Waals surface area contributed by atoms with Crippen molar-refractivity contribution in [2.24, 2.45) is 0 Å². The average Bonchev–Trinajstić information content (AvgIpc) is 3.12. The van der Waals surface area contributed by atoms with Crippen molar-refractivity contribution in [3.63, 3.8) is 0 Å².